The molecule has 1 saturated heterocycles. The van der Waals surface area contributed by atoms with Crippen LogP contribution in [-0.2, 0) is 6.42 Å². The van der Waals surface area contributed by atoms with Crippen LogP contribution in [0.5, 0.6) is 0 Å². The van der Waals surface area contributed by atoms with Crippen molar-refractivity contribution in [2.24, 2.45) is 5.92 Å². The first-order valence-electron chi connectivity index (χ1n) is 7.22. The Morgan fingerprint density at radius 3 is 2.84 bits per heavy atom. The molecule has 1 aromatic rings. The molecule has 1 aliphatic rings. The lowest BCUT2D eigenvalue weighted by atomic mass is 9.80. The van der Waals surface area contributed by atoms with Gasteiger partial charge >= 0.3 is 0 Å². The summed E-state index contributed by atoms with van der Waals surface area (Å²) in [5.41, 5.74) is -0.316. The minimum atomic E-state index is -0.907. The van der Waals surface area contributed by atoms with E-state index >= 15 is 0 Å². The largest absolute Gasteiger partial charge is 0.388 e. The van der Waals surface area contributed by atoms with Gasteiger partial charge in [-0.3, -0.25) is 0 Å². The number of benzene rings is 1. The van der Waals surface area contributed by atoms with Crippen LogP contribution in [0, 0.1) is 11.7 Å². The Labute approximate surface area is 115 Å². The van der Waals surface area contributed by atoms with Crippen molar-refractivity contribution in [2.45, 2.75) is 51.2 Å². The van der Waals surface area contributed by atoms with Gasteiger partial charge in [-0.1, -0.05) is 31.5 Å². The van der Waals surface area contributed by atoms with E-state index in [9.17, 15) is 9.50 Å². The summed E-state index contributed by atoms with van der Waals surface area (Å²) in [6.45, 7) is 4.95. The molecule has 1 aromatic carbocycles. The highest BCUT2D eigenvalue weighted by atomic mass is 19.1. The molecule has 106 valence electrons. The Morgan fingerprint density at radius 2 is 2.16 bits per heavy atom. The monoisotopic (exact) mass is 265 g/mol. The molecule has 0 aliphatic carbocycles. The summed E-state index contributed by atoms with van der Waals surface area (Å²) >= 11 is 0. The molecule has 0 amide bonds. The van der Waals surface area contributed by atoms with Crippen molar-refractivity contribution in [1.82, 2.24) is 5.32 Å². The molecule has 3 unspecified atom stereocenters. The van der Waals surface area contributed by atoms with Crippen LogP contribution < -0.4 is 5.32 Å². The zero-order valence-electron chi connectivity index (χ0n) is 11.8. The molecule has 0 spiro atoms. The van der Waals surface area contributed by atoms with Crippen molar-refractivity contribution in [3.63, 3.8) is 0 Å². The maximum Gasteiger partial charge on any atom is 0.126 e. The minimum Gasteiger partial charge on any atom is -0.388 e. The molecule has 2 N–H and O–H groups in total. The Kier molecular flexibility index (Phi) is 4.58. The molecule has 2 rings (SSSR count). The zero-order chi connectivity index (χ0) is 13.9. The SMILES string of the molecule is CCC1CCNC(C(C)(O)Cc2ccccc2F)C1. The van der Waals surface area contributed by atoms with E-state index in [2.05, 4.69) is 12.2 Å². The lowest BCUT2D eigenvalue weighted by Crippen LogP contribution is -2.54. The fourth-order valence-corrected chi connectivity index (χ4v) is 2.99. The first-order valence-corrected chi connectivity index (χ1v) is 7.22. The number of aliphatic hydroxyl groups is 1. The van der Waals surface area contributed by atoms with Crippen molar-refractivity contribution in [3.05, 3.63) is 35.6 Å². The summed E-state index contributed by atoms with van der Waals surface area (Å²) in [5, 5.41) is 14.1. The zero-order valence-corrected chi connectivity index (χ0v) is 11.8. The fraction of sp³-hybridized carbons (Fsp3) is 0.625. The van der Waals surface area contributed by atoms with Crippen molar-refractivity contribution in [3.8, 4) is 0 Å². The predicted molar refractivity (Wildman–Crippen MR) is 75.5 cm³/mol. The maximum absolute atomic E-state index is 13.7. The van der Waals surface area contributed by atoms with Crippen LogP contribution in [0.2, 0.25) is 0 Å². The summed E-state index contributed by atoms with van der Waals surface area (Å²) in [6, 6.07) is 6.75. The van der Waals surface area contributed by atoms with Gasteiger partial charge in [-0.05, 0) is 43.9 Å². The summed E-state index contributed by atoms with van der Waals surface area (Å²) in [6.07, 6.45) is 3.64. The van der Waals surface area contributed by atoms with Crippen LogP contribution in [0.4, 0.5) is 4.39 Å². The van der Waals surface area contributed by atoms with Crippen molar-refractivity contribution in [2.75, 3.05) is 6.54 Å². The second-order valence-electron chi connectivity index (χ2n) is 5.93. The Hall–Kier alpha value is -0.930. The third-order valence-electron chi connectivity index (χ3n) is 4.35. The molecule has 1 fully saturated rings. The van der Waals surface area contributed by atoms with E-state index in [0.717, 1.165) is 19.4 Å². The highest BCUT2D eigenvalue weighted by molar-refractivity contribution is 5.20. The van der Waals surface area contributed by atoms with E-state index in [-0.39, 0.29) is 11.9 Å². The first-order chi connectivity index (χ1) is 9.03. The van der Waals surface area contributed by atoms with E-state index in [1.165, 1.54) is 12.5 Å². The quantitative estimate of drug-likeness (QED) is 0.877. The molecule has 0 saturated carbocycles. The molecule has 0 aromatic heterocycles. The second kappa shape index (κ2) is 6.02. The molecule has 3 atom stereocenters. The molecule has 2 nitrogen and oxygen atoms in total. The van der Waals surface area contributed by atoms with Gasteiger partial charge in [-0.25, -0.2) is 4.39 Å². The number of hydrogen-bond donors (Lipinski definition) is 2. The molecule has 1 heterocycles. The topological polar surface area (TPSA) is 32.3 Å². The van der Waals surface area contributed by atoms with Crippen LogP contribution in [-0.4, -0.2) is 23.3 Å². The van der Waals surface area contributed by atoms with Crippen LogP contribution in [0.25, 0.3) is 0 Å². The number of nitrogens with one attached hydrogen (secondary N) is 1. The van der Waals surface area contributed by atoms with E-state index in [1.807, 2.05) is 13.0 Å². The van der Waals surface area contributed by atoms with Crippen LogP contribution in [0.15, 0.2) is 24.3 Å². The van der Waals surface area contributed by atoms with E-state index in [1.54, 1.807) is 12.1 Å². The smallest absolute Gasteiger partial charge is 0.126 e. The summed E-state index contributed by atoms with van der Waals surface area (Å²) in [5.74, 6) is 0.434. The summed E-state index contributed by atoms with van der Waals surface area (Å²) in [7, 11) is 0. The van der Waals surface area contributed by atoms with Gasteiger partial charge in [-0.2, -0.15) is 0 Å². The highest BCUT2D eigenvalue weighted by Crippen LogP contribution is 2.28. The predicted octanol–water partition coefficient (Wildman–Crippen LogP) is 2.90. The summed E-state index contributed by atoms with van der Waals surface area (Å²) < 4.78 is 13.7. The van der Waals surface area contributed by atoms with Crippen LogP contribution in [0.3, 0.4) is 0 Å². The van der Waals surface area contributed by atoms with Gasteiger partial charge in [0, 0.05) is 12.5 Å². The Morgan fingerprint density at radius 1 is 1.42 bits per heavy atom. The standard InChI is InChI=1S/C16H24FNO/c1-3-12-8-9-18-15(10-12)16(2,19)11-13-6-4-5-7-14(13)17/h4-7,12,15,18-19H,3,8-11H2,1-2H3. The molecular formula is C16H24FNO. The number of piperidine rings is 1. The number of rotatable bonds is 4. The lowest BCUT2D eigenvalue weighted by Gasteiger charge is -2.39. The van der Waals surface area contributed by atoms with Gasteiger partial charge in [0.15, 0.2) is 0 Å². The van der Waals surface area contributed by atoms with Gasteiger partial charge in [-0.15, -0.1) is 0 Å². The average Bonchev–Trinajstić information content (AvgIpc) is 2.41. The van der Waals surface area contributed by atoms with Crippen LogP contribution >= 0.6 is 0 Å². The molecule has 19 heavy (non-hydrogen) atoms. The van der Waals surface area contributed by atoms with E-state index < -0.39 is 5.60 Å². The minimum absolute atomic E-state index is 0.0470. The molecule has 0 radical (unpaired) electrons. The highest BCUT2D eigenvalue weighted by Gasteiger charge is 2.35. The number of halogens is 1. The third kappa shape index (κ3) is 3.54. The molecule has 1 aliphatic heterocycles. The van der Waals surface area contributed by atoms with Gasteiger partial charge < -0.3 is 10.4 Å². The number of hydrogen-bond acceptors (Lipinski definition) is 2. The van der Waals surface area contributed by atoms with Gasteiger partial charge in [0.05, 0.1) is 5.60 Å². The van der Waals surface area contributed by atoms with Crippen molar-refractivity contribution in [1.29, 1.82) is 0 Å². The Bertz CT molecular complexity index is 419. The van der Waals surface area contributed by atoms with E-state index in [4.69, 9.17) is 0 Å². The van der Waals surface area contributed by atoms with Crippen LogP contribution in [0.1, 0.15) is 38.7 Å². The van der Waals surface area contributed by atoms with Gasteiger partial charge in [0.25, 0.3) is 0 Å². The average molecular weight is 265 g/mol. The Balaban J connectivity index is 2.07. The molecule has 0 bridgehead atoms. The third-order valence-corrected chi connectivity index (χ3v) is 4.35. The molecular weight excluding hydrogens is 241 g/mol. The second-order valence-corrected chi connectivity index (χ2v) is 5.93. The van der Waals surface area contributed by atoms with Gasteiger partial charge in [0.2, 0.25) is 0 Å². The molecule has 3 heteroatoms. The van der Waals surface area contributed by atoms with Gasteiger partial charge in [0.1, 0.15) is 5.82 Å². The lowest BCUT2D eigenvalue weighted by molar-refractivity contribution is 0.00106. The van der Waals surface area contributed by atoms with Crippen molar-refractivity contribution < 1.29 is 9.50 Å². The summed E-state index contributed by atoms with van der Waals surface area (Å²) in [4.78, 5) is 0. The normalized spacial score (nSPS) is 26.9. The van der Waals surface area contributed by atoms with Crippen molar-refractivity contribution >= 4 is 0 Å². The fourth-order valence-electron chi connectivity index (χ4n) is 2.99. The first kappa shape index (κ1) is 14.5. The maximum atomic E-state index is 13.7. The van der Waals surface area contributed by atoms with E-state index in [0.29, 0.717) is 17.9 Å².